The fourth-order valence-electron chi connectivity index (χ4n) is 1.93. The molecule has 2 N–H and O–H groups in total. The van der Waals surface area contributed by atoms with Gasteiger partial charge in [-0.2, -0.15) is 0 Å². The Hall–Kier alpha value is -1.27. The van der Waals surface area contributed by atoms with Gasteiger partial charge in [0, 0.05) is 5.69 Å². The van der Waals surface area contributed by atoms with Gasteiger partial charge in [-0.25, -0.2) is 4.79 Å². The summed E-state index contributed by atoms with van der Waals surface area (Å²) < 4.78 is 5.26. The van der Waals surface area contributed by atoms with E-state index in [2.05, 4.69) is 16.9 Å². The van der Waals surface area contributed by atoms with Crippen molar-refractivity contribution in [2.45, 2.75) is 49.6 Å². The minimum absolute atomic E-state index is 0.274. The second kappa shape index (κ2) is 9.00. The number of aromatic nitrogens is 2. The SMILES string of the molecule is CCCCCCOC(=O)c1ccc(SSc2ccc(C)[nH]2)[nH]1. The van der Waals surface area contributed by atoms with E-state index in [9.17, 15) is 4.79 Å². The highest BCUT2D eigenvalue weighted by atomic mass is 33.1. The standard InChI is InChI=1S/C16H22N2O2S2/c1-3-4-5-6-11-20-16(19)13-8-10-15(18-13)22-21-14-9-7-12(2)17-14/h7-10,17-18H,3-6,11H2,1-2H3. The van der Waals surface area contributed by atoms with Crippen LogP contribution in [0.1, 0.15) is 48.8 Å². The third-order valence-electron chi connectivity index (χ3n) is 3.14. The summed E-state index contributed by atoms with van der Waals surface area (Å²) in [6, 6.07) is 7.76. The Morgan fingerprint density at radius 1 is 1.05 bits per heavy atom. The van der Waals surface area contributed by atoms with E-state index in [0.29, 0.717) is 12.3 Å². The molecule has 0 aromatic carbocycles. The molecule has 6 heteroatoms. The summed E-state index contributed by atoms with van der Waals surface area (Å²) in [5, 5.41) is 2.03. The summed E-state index contributed by atoms with van der Waals surface area (Å²) in [5.41, 5.74) is 1.66. The molecule has 0 atom stereocenters. The van der Waals surface area contributed by atoms with Gasteiger partial charge < -0.3 is 14.7 Å². The smallest absolute Gasteiger partial charge is 0.354 e. The fourth-order valence-corrected chi connectivity index (χ4v) is 3.83. The Bertz CT molecular complexity index is 592. The molecule has 2 rings (SSSR count). The van der Waals surface area contributed by atoms with Crippen molar-refractivity contribution >= 4 is 27.6 Å². The maximum atomic E-state index is 11.9. The van der Waals surface area contributed by atoms with Crippen LogP contribution in [0.3, 0.4) is 0 Å². The number of aromatic amines is 2. The first-order valence-electron chi connectivity index (χ1n) is 7.55. The number of hydrogen-bond donors (Lipinski definition) is 2. The van der Waals surface area contributed by atoms with Crippen LogP contribution >= 0.6 is 21.6 Å². The van der Waals surface area contributed by atoms with Gasteiger partial charge in [-0.05, 0) is 59.2 Å². The first-order chi connectivity index (χ1) is 10.7. The van der Waals surface area contributed by atoms with Crippen molar-refractivity contribution in [1.29, 1.82) is 0 Å². The molecule has 120 valence electrons. The van der Waals surface area contributed by atoms with Crippen LogP contribution in [0, 0.1) is 6.92 Å². The average Bonchev–Trinajstić information content (AvgIpc) is 3.13. The van der Waals surface area contributed by atoms with Crippen LogP contribution in [-0.4, -0.2) is 22.5 Å². The van der Waals surface area contributed by atoms with Crippen molar-refractivity contribution in [2.24, 2.45) is 0 Å². The van der Waals surface area contributed by atoms with Crippen LogP contribution in [0.25, 0.3) is 0 Å². The number of ether oxygens (including phenoxy) is 1. The molecule has 2 aromatic heterocycles. The normalized spacial score (nSPS) is 10.8. The molecule has 0 aliphatic heterocycles. The Morgan fingerprint density at radius 3 is 2.45 bits per heavy atom. The number of H-pyrrole nitrogens is 2. The van der Waals surface area contributed by atoms with Crippen LogP contribution < -0.4 is 0 Å². The zero-order valence-electron chi connectivity index (χ0n) is 13.0. The summed E-state index contributed by atoms with van der Waals surface area (Å²) in [7, 11) is 3.21. The molecular weight excluding hydrogens is 316 g/mol. The molecule has 0 saturated heterocycles. The average molecular weight is 338 g/mol. The molecule has 0 aliphatic carbocycles. The number of nitrogens with one attached hydrogen (secondary N) is 2. The van der Waals surface area contributed by atoms with Crippen molar-refractivity contribution in [3.8, 4) is 0 Å². The Labute approximate surface area is 139 Å². The number of aryl methyl sites for hydroxylation is 1. The lowest BCUT2D eigenvalue weighted by molar-refractivity contribution is 0.0491. The van der Waals surface area contributed by atoms with Gasteiger partial charge in [-0.1, -0.05) is 26.2 Å². The van der Waals surface area contributed by atoms with Crippen LogP contribution in [0.4, 0.5) is 0 Å². The first kappa shape index (κ1) is 17.1. The molecule has 0 saturated carbocycles. The Balaban J connectivity index is 1.74. The summed E-state index contributed by atoms with van der Waals surface area (Å²) in [6.45, 7) is 4.69. The van der Waals surface area contributed by atoms with Gasteiger partial charge in [0.15, 0.2) is 0 Å². The second-order valence-corrected chi connectivity index (χ2v) is 7.32. The minimum Gasteiger partial charge on any atom is -0.461 e. The van der Waals surface area contributed by atoms with E-state index in [1.807, 2.05) is 25.1 Å². The van der Waals surface area contributed by atoms with E-state index in [0.717, 1.165) is 28.6 Å². The van der Waals surface area contributed by atoms with Crippen LogP contribution in [0.15, 0.2) is 34.3 Å². The minimum atomic E-state index is -0.274. The second-order valence-electron chi connectivity index (χ2n) is 5.11. The number of carbonyl (C=O) groups excluding carboxylic acids is 1. The van der Waals surface area contributed by atoms with Crippen molar-refractivity contribution in [3.05, 3.63) is 35.7 Å². The van der Waals surface area contributed by atoms with Gasteiger partial charge in [-0.15, -0.1) is 0 Å². The van der Waals surface area contributed by atoms with Crippen molar-refractivity contribution in [2.75, 3.05) is 6.61 Å². The van der Waals surface area contributed by atoms with E-state index < -0.39 is 0 Å². The van der Waals surface area contributed by atoms with E-state index in [-0.39, 0.29) is 5.97 Å². The first-order valence-corrected chi connectivity index (χ1v) is 9.70. The van der Waals surface area contributed by atoms with Gasteiger partial charge >= 0.3 is 5.97 Å². The molecule has 2 aromatic rings. The maximum absolute atomic E-state index is 11.9. The predicted octanol–water partition coefficient (Wildman–Crippen LogP) is 5.19. The van der Waals surface area contributed by atoms with E-state index in [1.165, 1.54) is 12.8 Å². The number of carbonyl (C=O) groups is 1. The molecule has 22 heavy (non-hydrogen) atoms. The number of unbranched alkanes of at least 4 members (excludes halogenated alkanes) is 3. The quantitative estimate of drug-likeness (QED) is 0.375. The highest BCUT2D eigenvalue weighted by Gasteiger charge is 2.10. The molecule has 0 spiro atoms. The van der Waals surface area contributed by atoms with Gasteiger partial charge in [0.25, 0.3) is 0 Å². The topological polar surface area (TPSA) is 57.9 Å². The van der Waals surface area contributed by atoms with E-state index in [4.69, 9.17) is 4.74 Å². The monoisotopic (exact) mass is 338 g/mol. The van der Waals surface area contributed by atoms with Gasteiger partial charge in [0.05, 0.1) is 16.7 Å². The molecule has 0 unspecified atom stereocenters. The molecule has 0 radical (unpaired) electrons. The lowest BCUT2D eigenvalue weighted by Gasteiger charge is -2.03. The molecule has 0 fully saturated rings. The molecule has 0 bridgehead atoms. The van der Waals surface area contributed by atoms with Crippen molar-refractivity contribution in [3.63, 3.8) is 0 Å². The zero-order chi connectivity index (χ0) is 15.8. The van der Waals surface area contributed by atoms with E-state index >= 15 is 0 Å². The highest BCUT2D eigenvalue weighted by Crippen LogP contribution is 2.36. The van der Waals surface area contributed by atoms with Gasteiger partial charge in [0.1, 0.15) is 5.69 Å². The number of esters is 1. The van der Waals surface area contributed by atoms with Crippen molar-refractivity contribution in [1.82, 2.24) is 9.97 Å². The number of hydrogen-bond acceptors (Lipinski definition) is 4. The molecule has 0 amide bonds. The third kappa shape index (κ3) is 5.50. The van der Waals surface area contributed by atoms with Crippen molar-refractivity contribution < 1.29 is 9.53 Å². The van der Waals surface area contributed by atoms with Crippen LogP contribution in [0.5, 0.6) is 0 Å². The fraction of sp³-hybridized carbons (Fsp3) is 0.438. The Kier molecular flexibility index (Phi) is 6.99. The predicted molar refractivity (Wildman–Crippen MR) is 92.5 cm³/mol. The molecule has 2 heterocycles. The largest absolute Gasteiger partial charge is 0.461 e. The van der Waals surface area contributed by atoms with Crippen LogP contribution in [0.2, 0.25) is 0 Å². The lowest BCUT2D eigenvalue weighted by Crippen LogP contribution is -2.06. The maximum Gasteiger partial charge on any atom is 0.354 e. The van der Waals surface area contributed by atoms with E-state index in [1.54, 1.807) is 27.7 Å². The molecular formula is C16H22N2O2S2. The third-order valence-corrected chi connectivity index (χ3v) is 5.38. The summed E-state index contributed by atoms with van der Waals surface area (Å²) >= 11 is 0. The molecule has 4 nitrogen and oxygen atoms in total. The zero-order valence-corrected chi connectivity index (χ0v) is 14.6. The summed E-state index contributed by atoms with van der Waals surface area (Å²) in [6.07, 6.45) is 4.42. The molecule has 0 aliphatic rings. The van der Waals surface area contributed by atoms with Crippen LogP contribution in [-0.2, 0) is 4.74 Å². The summed E-state index contributed by atoms with van der Waals surface area (Å²) in [4.78, 5) is 18.2. The van der Waals surface area contributed by atoms with Gasteiger partial charge in [0.2, 0.25) is 0 Å². The highest BCUT2D eigenvalue weighted by molar-refractivity contribution is 8.76. The van der Waals surface area contributed by atoms with Gasteiger partial charge in [-0.3, -0.25) is 0 Å². The Morgan fingerprint density at radius 2 is 1.77 bits per heavy atom. The summed E-state index contributed by atoms with van der Waals surface area (Å²) in [5.74, 6) is -0.274. The lowest BCUT2D eigenvalue weighted by atomic mass is 10.2. The number of rotatable bonds is 9.